The van der Waals surface area contributed by atoms with Gasteiger partial charge in [0.2, 0.25) is 5.09 Å². The number of aryl methyl sites for hydroxylation is 1. The molecular weight excluding hydrogens is 316 g/mol. The first-order valence-electron chi connectivity index (χ1n) is 7.43. The highest BCUT2D eigenvalue weighted by Crippen LogP contribution is 2.36. The van der Waals surface area contributed by atoms with E-state index in [1.54, 1.807) is 12.1 Å². The average molecular weight is 332 g/mol. The number of nitrogens with zero attached hydrogens (tertiary/aromatic N) is 3. The summed E-state index contributed by atoms with van der Waals surface area (Å²) in [5.74, 6) is 1.44. The number of nitrogens with one attached hydrogen (secondary N) is 1. The van der Waals surface area contributed by atoms with Crippen molar-refractivity contribution < 1.29 is 12.8 Å². The Labute approximate surface area is 133 Å². The molecule has 0 spiro atoms. The molecule has 8 heteroatoms. The largest absolute Gasteiger partial charge is 0.443 e. The summed E-state index contributed by atoms with van der Waals surface area (Å²) >= 11 is 0. The minimum atomic E-state index is -3.73. The molecule has 7 nitrogen and oxygen atoms in total. The third-order valence-corrected chi connectivity index (χ3v) is 5.19. The van der Waals surface area contributed by atoms with Crippen LogP contribution in [0, 0.1) is 6.92 Å². The number of furan rings is 1. The molecular formula is C15H16N4O3S. The van der Waals surface area contributed by atoms with Crippen LogP contribution in [0.15, 0.2) is 39.8 Å². The van der Waals surface area contributed by atoms with E-state index in [-0.39, 0.29) is 11.6 Å². The first kappa shape index (κ1) is 14.4. The number of para-hydroxylation sites is 1. The van der Waals surface area contributed by atoms with E-state index in [4.69, 9.17) is 4.42 Å². The van der Waals surface area contributed by atoms with Crippen molar-refractivity contribution in [3.63, 3.8) is 0 Å². The van der Waals surface area contributed by atoms with Gasteiger partial charge in [0.1, 0.15) is 17.2 Å². The van der Waals surface area contributed by atoms with E-state index in [0.717, 1.165) is 24.1 Å². The number of fused-ring (bicyclic) bond motifs is 1. The minimum absolute atomic E-state index is 0.0899. The van der Waals surface area contributed by atoms with Crippen LogP contribution < -0.4 is 4.72 Å². The second-order valence-corrected chi connectivity index (χ2v) is 7.39. The molecule has 0 unspecified atom stereocenters. The van der Waals surface area contributed by atoms with Gasteiger partial charge in [0.05, 0.1) is 6.54 Å². The van der Waals surface area contributed by atoms with Crippen LogP contribution in [-0.4, -0.2) is 23.2 Å². The van der Waals surface area contributed by atoms with Crippen molar-refractivity contribution >= 4 is 21.0 Å². The summed E-state index contributed by atoms with van der Waals surface area (Å²) in [6, 6.07) is 9.11. The smallest absolute Gasteiger partial charge is 0.274 e. The highest BCUT2D eigenvalue weighted by Gasteiger charge is 2.29. The highest BCUT2D eigenvalue weighted by molar-refractivity contribution is 7.89. The van der Waals surface area contributed by atoms with Gasteiger partial charge in [-0.2, -0.15) is 0 Å². The highest BCUT2D eigenvalue weighted by atomic mass is 32.2. The number of benzene rings is 1. The van der Waals surface area contributed by atoms with E-state index in [9.17, 15) is 8.42 Å². The van der Waals surface area contributed by atoms with Crippen LogP contribution in [0.5, 0.6) is 0 Å². The molecule has 2 heterocycles. The number of rotatable bonds is 5. The Morgan fingerprint density at radius 3 is 2.83 bits per heavy atom. The van der Waals surface area contributed by atoms with Crippen LogP contribution in [0.4, 0.5) is 0 Å². The summed E-state index contributed by atoms with van der Waals surface area (Å²) in [4.78, 5) is 0. The van der Waals surface area contributed by atoms with Crippen LogP contribution >= 0.6 is 0 Å². The van der Waals surface area contributed by atoms with E-state index < -0.39 is 10.0 Å². The molecule has 2 aromatic heterocycles. The fourth-order valence-electron chi connectivity index (χ4n) is 2.66. The molecule has 0 aliphatic heterocycles. The van der Waals surface area contributed by atoms with Crippen molar-refractivity contribution in [1.29, 1.82) is 0 Å². The zero-order chi connectivity index (χ0) is 16.0. The monoisotopic (exact) mass is 332 g/mol. The van der Waals surface area contributed by atoms with Crippen molar-refractivity contribution in [3.8, 4) is 0 Å². The summed E-state index contributed by atoms with van der Waals surface area (Å²) in [6.07, 6.45) is 2.17. The van der Waals surface area contributed by atoms with E-state index in [1.165, 1.54) is 6.07 Å². The van der Waals surface area contributed by atoms with Gasteiger partial charge in [-0.15, -0.1) is 10.2 Å². The molecule has 1 fully saturated rings. The van der Waals surface area contributed by atoms with Gasteiger partial charge in [0.25, 0.3) is 10.0 Å². The van der Waals surface area contributed by atoms with Gasteiger partial charge in [-0.25, -0.2) is 13.1 Å². The number of hydrogen-bond acceptors (Lipinski definition) is 5. The molecule has 4 rings (SSSR count). The molecule has 1 aliphatic rings. The summed E-state index contributed by atoms with van der Waals surface area (Å²) in [6.45, 7) is 1.97. The normalized spacial score (nSPS) is 15.3. The summed E-state index contributed by atoms with van der Waals surface area (Å²) in [5, 5.41) is 8.78. The van der Waals surface area contributed by atoms with Crippen LogP contribution in [0.25, 0.3) is 11.0 Å². The van der Waals surface area contributed by atoms with E-state index in [0.29, 0.717) is 17.4 Å². The molecule has 0 atom stereocenters. The molecule has 1 aliphatic carbocycles. The molecule has 1 N–H and O–H groups in total. The molecule has 3 aromatic rings. The van der Waals surface area contributed by atoms with Gasteiger partial charge >= 0.3 is 0 Å². The van der Waals surface area contributed by atoms with Gasteiger partial charge in [0.15, 0.2) is 0 Å². The van der Waals surface area contributed by atoms with Crippen molar-refractivity contribution in [2.75, 3.05) is 0 Å². The molecule has 0 bridgehead atoms. The van der Waals surface area contributed by atoms with E-state index in [2.05, 4.69) is 14.9 Å². The van der Waals surface area contributed by atoms with Gasteiger partial charge in [0, 0.05) is 17.5 Å². The van der Waals surface area contributed by atoms with Crippen molar-refractivity contribution in [2.24, 2.45) is 0 Å². The molecule has 23 heavy (non-hydrogen) atoms. The van der Waals surface area contributed by atoms with Crippen molar-refractivity contribution in [3.05, 3.63) is 42.0 Å². The van der Waals surface area contributed by atoms with Gasteiger partial charge < -0.3 is 8.98 Å². The lowest BCUT2D eigenvalue weighted by Gasteiger charge is -2.07. The number of sulfonamides is 1. The predicted molar refractivity (Wildman–Crippen MR) is 83.3 cm³/mol. The predicted octanol–water partition coefficient (Wildman–Crippen LogP) is 2.15. The van der Waals surface area contributed by atoms with E-state index in [1.807, 2.05) is 23.6 Å². The van der Waals surface area contributed by atoms with Crippen LogP contribution in [0.2, 0.25) is 0 Å². The van der Waals surface area contributed by atoms with Crippen LogP contribution in [0.3, 0.4) is 0 Å². The maximum Gasteiger partial charge on any atom is 0.274 e. The van der Waals surface area contributed by atoms with Crippen molar-refractivity contribution in [1.82, 2.24) is 19.5 Å². The third-order valence-electron chi connectivity index (χ3n) is 3.94. The lowest BCUT2D eigenvalue weighted by Crippen LogP contribution is -2.24. The van der Waals surface area contributed by atoms with Gasteiger partial charge in [-0.1, -0.05) is 18.2 Å². The molecule has 0 radical (unpaired) electrons. The quantitative estimate of drug-likeness (QED) is 0.773. The van der Waals surface area contributed by atoms with Crippen molar-refractivity contribution in [2.45, 2.75) is 37.4 Å². The fourth-order valence-corrected chi connectivity index (χ4v) is 3.61. The topological polar surface area (TPSA) is 90.0 Å². The number of hydrogen-bond donors (Lipinski definition) is 1. The molecule has 0 saturated heterocycles. The molecule has 120 valence electrons. The zero-order valence-electron chi connectivity index (χ0n) is 12.6. The standard InChI is InChI=1S/C15H16N4O3S/c1-10-17-18-14(19(10)12-6-7-12)9-16-23(20,21)15-8-11-4-2-3-5-13(11)22-15/h2-5,8,12,16H,6-7,9H2,1H3. The third kappa shape index (κ3) is 2.64. The van der Waals surface area contributed by atoms with Gasteiger partial charge in [-0.3, -0.25) is 0 Å². The maximum absolute atomic E-state index is 12.4. The molecule has 0 amide bonds. The average Bonchev–Trinajstić information content (AvgIpc) is 3.14. The second kappa shape index (κ2) is 5.17. The lowest BCUT2D eigenvalue weighted by atomic mass is 10.3. The maximum atomic E-state index is 12.4. The van der Waals surface area contributed by atoms with E-state index >= 15 is 0 Å². The first-order chi connectivity index (χ1) is 11.0. The van der Waals surface area contributed by atoms with Crippen LogP contribution in [0.1, 0.15) is 30.5 Å². The summed E-state index contributed by atoms with van der Waals surface area (Å²) in [7, 11) is -3.73. The fraction of sp³-hybridized carbons (Fsp3) is 0.333. The number of aromatic nitrogens is 3. The Morgan fingerprint density at radius 1 is 1.30 bits per heavy atom. The Morgan fingerprint density at radius 2 is 2.09 bits per heavy atom. The van der Waals surface area contributed by atoms with Crippen LogP contribution in [-0.2, 0) is 16.6 Å². The lowest BCUT2D eigenvalue weighted by molar-refractivity contribution is 0.474. The SMILES string of the molecule is Cc1nnc(CNS(=O)(=O)c2cc3ccccc3o2)n1C1CC1. The summed E-state index contributed by atoms with van der Waals surface area (Å²) in [5.41, 5.74) is 0.546. The Bertz CT molecular complexity index is 937. The summed E-state index contributed by atoms with van der Waals surface area (Å²) < 4.78 is 34.8. The van der Waals surface area contributed by atoms with Gasteiger partial charge in [-0.05, 0) is 25.8 Å². The zero-order valence-corrected chi connectivity index (χ0v) is 13.4. The minimum Gasteiger partial charge on any atom is -0.443 e. The second-order valence-electron chi connectivity index (χ2n) is 5.69. The molecule has 1 aromatic carbocycles. The first-order valence-corrected chi connectivity index (χ1v) is 8.91. The Hall–Kier alpha value is -2.19. The molecule has 1 saturated carbocycles. The Kier molecular flexibility index (Phi) is 3.24. The Balaban J connectivity index is 1.58.